The summed E-state index contributed by atoms with van der Waals surface area (Å²) in [6, 6.07) is 4.83. The zero-order valence-electron chi connectivity index (χ0n) is 11.2. The number of carboxylic acids is 1. The lowest BCUT2D eigenvalue weighted by Crippen LogP contribution is -2.25. The summed E-state index contributed by atoms with van der Waals surface area (Å²) in [7, 11) is 0. The van der Waals surface area contributed by atoms with Crippen LogP contribution in [0.4, 0.5) is 5.82 Å². The van der Waals surface area contributed by atoms with Crippen molar-refractivity contribution in [1.29, 1.82) is 0 Å². The van der Waals surface area contributed by atoms with E-state index in [0.29, 0.717) is 12.1 Å². The first-order chi connectivity index (χ1) is 9.67. The first-order valence-corrected chi connectivity index (χ1v) is 6.33. The highest BCUT2D eigenvalue weighted by Gasteiger charge is 2.12. The van der Waals surface area contributed by atoms with Crippen molar-refractivity contribution in [2.24, 2.45) is 0 Å². The summed E-state index contributed by atoms with van der Waals surface area (Å²) in [5, 5.41) is 9.82. The van der Waals surface area contributed by atoms with Gasteiger partial charge in [0.1, 0.15) is 12.1 Å². The van der Waals surface area contributed by atoms with Crippen molar-refractivity contribution in [3.05, 3.63) is 30.1 Å². The molecule has 20 heavy (non-hydrogen) atoms. The second-order valence-corrected chi connectivity index (χ2v) is 4.36. The number of anilines is 1. The smallest absolute Gasteiger partial charge is 0.335 e. The molecule has 0 saturated carbocycles. The normalized spacial score (nSPS) is 10.2. The maximum Gasteiger partial charge on any atom is 0.335 e. The van der Waals surface area contributed by atoms with Crippen LogP contribution in [-0.2, 0) is 0 Å². The third kappa shape index (κ3) is 2.69. The van der Waals surface area contributed by atoms with E-state index in [1.165, 1.54) is 6.33 Å². The number of hydrogen-bond donors (Lipinski definition) is 1. The van der Waals surface area contributed by atoms with Crippen molar-refractivity contribution in [3.63, 3.8) is 0 Å². The van der Waals surface area contributed by atoms with E-state index in [2.05, 4.69) is 22.8 Å². The largest absolute Gasteiger partial charge is 0.478 e. The van der Waals surface area contributed by atoms with E-state index >= 15 is 0 Å². The minimum Gasteiger partial charge on any atom is -0.478 e. The summed E-state index contributed by atoms with van der Waals surface area (Å²) >= 11 is 0. The molecule has 0 radical (unpaired) electrons. The molecule has 0 fully saturated rings. The third-order valence-electron chi connectivity index (χ3n) is 2.94. The number of carboxylic acid groups (broad SMARTS) is 1. The van der Waals surface area contributed by atoms with Gasteiger partial charge in [0.25, 0.3) is 0 Å². The lowest BCUT2D eigenvalue weighted by molar-refractivity contribution is 0.0697. The average Bonchev–Trinajstić information content (AvgIpc) is 2.45. The lowest BCUT2D eigenvalue weighted by atomic mass is 10.1. The molecule has 2 aromatic rings. The molecule has 5 heteroatoms. The summed E-state index contributed by atoms with van der Waals surface area (Å²) in [6.45, 7) is 3.31. The zero-order valence-corrected chi connectivity index (χ0v) is 11.2. The fourth-order valence-corrected chi connectivity index (χ4v) is 2.07. The number of fused-ring (bicyclic) bond motifs is 1. The molecule has 0 amide bonds. The Kier molecular flexibility index (Phi) is 4.16. The first-order valence-electron chi connectivity index (χ1n) is 6.33. The molecule has 0 aliphatic carbocycles. The molecule has 0 bridgehead atoms. The molecule has 1 aromatic heterocycles. The van der Waals surface area contributed by atoms with Gasteiger partial charge in [-0.2, -0.15) is 0 Å². The number of carbonyl (C=O) groups is 1. The molecule has 0 saturated heterocycles. The van der Waals surface area contributed by atoms with Crippen molar-refractivity contribution in [2.75, 3.05) is 18.0 Å². The fourth-order valence-electron chi connectivity index (χ4n) is 2.07. The zero-order chi connectivity index (χ0) is 14.5. The van der Waals surface area contributed by atoms with Crippen LogP contribution in [0.15, 0.2) is 24.5 Å². The van der Waals surface area contributed by atoms with Crippen LogP contribution < -0.4 is 4.90 Å². The van der Waals surface area contributed by atoms with Gasteiger partial charge < -0.3 is 10.0 Å². The predicted molar refractivity (Wildman–Crippen MR) is 77.8 cm³/mol. The van der Waals surface area contributed by atoms with Crippen molar-refractivity contribution in [2.45, 2.75) is 13.3 Å². The van der Waals surface area contributed by atoms with Crippen LogP contribution in [0.1, 0.15) is 23.7 Å². The molecule has 1 N–H and O–H groups in total. The molecule has 1 aromatic carbocycles. The average molecular weight is 269 g/mol. The van der Waals surface area contributed by atoms with Gasteiger partial charge in [-0.25, -0.2) is 14.8 Å². The Balaban J connectivity index is 2.54. The Hall–Kier alpha value is -2.61. The summed E-state index contributed by atoms with van der Waals surface area (Å²) in [5.74, 6) is 2.39. The minimum absolute atomic E-state index is 0.209. The predicted octanol–water partition coefficient (Wildman–Crippen LogP) is 2.18. The van der Waals surface area contributed by atoms with Crippen molar-refractivity contribution in [1.82, 2.24) is 9.97 Å². The molecular formula is C15H15N3O2. The van der Waals surface area contributed by atoms with E-state index in [4.69, 9.17) is 11.5 Å². The van der Waals surface area contributed by atoms with E-state index < -0.39 is 5.97 Å². The van der Waals surface area contributed by atoms with Crippen LogP contribution in [-0.4, -0.2) is 34.1 Å². The molecule has 1 heterocycles. The van der Waals surface area contributed by atoms with Gasteiger partial charge in [0.05, 0.1) is 17.6 Å². The molecule has 5 nitrogen and oxygen atoms in total. The molecule has 0 spiro atoms. The van der Waals surface area contributed by atoms with Gasteiger partial charge in [0.2, 0.25) is 0 Å². The Morgan fingerprint density at radius 2 is 2.25 bits per heavy atom. The number of rotatable bonds is 5. The molecule has 102 valence electrons. The summed E-state index contributed by atoms with van der Waals surface area (Å²) in [4.78, 5) is 21.4. The fraction of sp³-hybridized carbons (Fsp3) is 0.267. The Bertz CT molecular complexity index is 676. The Labute approximate surface area is 117 Å². The maximum atomic E-state index is 11.0. The maximum absolute atomic E-state index is 11.0. The van der Waals surface area contributed by atoms with Crippen LogP contribution in [0, 0.1) is 12.3 Å². The lowest BCUT2D eigenvalue weighted by Gasteiger charge is -2.21. The first kappa shape index (κ1) is 13.8. The van der Waals surface area contributed by atoms with Crippen LogP contribution in [0.3, 0.4) is 0 Å². The van der Waals surface area contributed by atoms with Gasteiger partial charge in [-0.15, -0.1) is 6.42 Å². The highest BCUT2D eigenvalue weighted by Crippen LogP contribution is 2.23. The van der Waals surface area contributed by atoms with Gasteiger partial charge in [-0.3, -0.25) is 0 Å². The van der Waals surface area contributed by atoms with Crippen molar-refractivity contribution in [3.8, 4) is 12.3 Å². The van der Waals surface area contributed by atoms with E-state index in [1.807, 2.05) is 4.90 Å². The number of terminal acetylenes is 1. The van der Waals surface area contributed by atoms with E-state index in [-0.39, 0.29) is 5.56 Å². The highest BCUT2D eigenvalue weighted by molar-refractivity contribution is 5.96. The van der Waals surface area contributed by atoms with E-state index in [0.717, 1.165) is 24.2 Å². The number of aromatic carboxylic acids is 1. The standard InChI is InChI=1S/C15H15N3O2/c1-3-7-18(8-4-2)14-12-6-5-11(15(19)20)9-13(12)16-10-17-14/h1,5-6,9-10H,4,7-8H2,2H3,(H,19,20). The topological polar surface area (TPSA) is 66.3 Å². The summed E-state index contributed by atoms with van der Waals surface area (Å²) in [5.41, 5.74) is 0.814. The minimum atomic E-state index is -0.971. The number of benzene rings is 1. The van der Waals surface area contributed by atoms with Crippen LogP contribution in [0.25, 0.3) is 10.9 Å². The number of hydrogen-bond acceptors (Lipinski definition) is 4. The second kappa shape index (κ2) is 6.02. The van der Waals surface area contributed by atoms with Gasteiger partial charge in [-0.1, -0.05) is 12.8 Å². The Morgan fingerprint density at radius 1 is 1.45 bits per heavy atom. The van der Waals surface area contributed by atoms with Gasteiger partial charge in [-0.05, 0) is 24.6 Å². The molecule has 2 rings (SSSR count). The molecule has 0 unspecified atom stereocenters. The van der Waals surface area contributed by atoms with Crippen LogP contribution in [0.2, 0.25) is 0 Å². The van der Waals surface area contributed by atoms with Crippen molar-refractivity contribution >= 4 is 22.7 Å². The molecule has 0 atom stereocenters. The second-order valence-electron chi connectivity index (χ2n) is 4.36. The Morgan fingerprint density at radius 3 is 2.90 bits per heavy atom. The summed E-state index contributed by atoms with van der Waals surface area (Å²) < 4.78 is 0. The molecule has 0 aliphatic heterocycles. The van der Waals surface area contributed by atoms with E-state index in [1.54, 1.807) is 18.2 Å². The highest BCUT2D eigenvalue weighted by atomic mass is 16.4. The van der Waals surface area contributed by atoms with Gasteiger partial charge in [0, 0.05) is 11.9 Å². The van der Waals surface area contributed by atoms with Crippen LogP contribution >= 0.6 is 0 Å². The van der Waals surface area contributed by atoms with Gasteiger partial charge in [0.15, 0.2) is 0 Å². The molecular weight excluding hydrogens is 254 g/mol. The summed E-state index contributed by atoms with van der Waals surface area (Å²) in [6.07, 6.45) is 7.77. The third-order valence-corrected chi connectivity index (χ3v) is 2.94. The monoisotopic (exact) mass is 269 g/mol. The quantitative estimate of drug-likeness (QED) is 0.843. The van der Waals surface area contributed by atoms with Crippen LogP contribution in [0.5, 0.6) is 0 Å². The SMILES string of the molecule is C#CCN(CCC)c1ncnc2cc(C(=O)O)ccc12. The van der Waals surface area contributed by atoms with E-state index in [9.17, 15) is 4.79 Å². The number of aromatic nitrogens is 2. The van der Waals surface area contributed by atoms with Crippen molar-refractivity contribution < 1.29 is 9.90 Å². The van der Waals surface area contributed by atoms with Gasteiger partial charge >= 0.3 is 5.97 Å². The molecule has 0 aliphatic rings. The number of nitrogens with zero attached hydrogens (tertiary/aromatic N) is 3.